The third-order valence-corrected chi connectivity index (χ3v) is 15.3. The van der Waals surface area contributed by atoms with Crippen molar-refractivity contribution in [3.8, 4) is 0 Å². The largest absolute Gasteiger partial charge is 0.619 e. The van der Waals surface area contributed by atoms with E-state index in [0.717, 1.165) is 81.7 Å². The predicted molar refractivity (Wildman–Crippen MR) is 266 cm³/mol. The summed E-state index contributed by atoms with van der Waals surface area (Å²) in [5.41, 5.74) is 2.21. The summed E-state index contributed by atoms with van der Waals surface area (Å²) < 4.78 is 1.25. The summed E-state index contributed by atoms with van der Waals surface area (Å²) in [6.07, 6.45) is 13.1. The lowest BCUT2D eigenvalue weighted by atomic mass is 9.62. The minimum absolute atomic E-state index is 0.0230. The minimum atomic E-state index is -1.06. The second-order valence-corrected chi connectivity index (χ2v) is 20.3. The van der Waals surface area contributed by atoms with Gasteiger partial charge >= 0.3 is 11.9 Å². The lowest BCUT2D eigenvalue weighted by Crippen LogP contribution is -2.53. The zero-order chi connectivity index (χ0) is 50.7. The van der Waals surface area contributed by atoms with Gasteiger partial charge in [-0.1, -0.05) is 121 Å². The van der Waals surface area contributed by atoms with Gasteiger partial charge in [0.05, 0.1) is 26.4 Å². The first-order chi connectivity index (χ1) is 33.2. The van der Waals surface area contributed by atoms with E-state index < -0.39 is 46.7 Å². The zero-order valence-electron chi connectivity index (χ0n) is 36.9. The highest BCUT2D eigenvalue weighted by Crippen LogP contribution is 2.54. The van der Waals surface area contributed by atoms with Gasteiger partial charge in [0.1, 0.15) is 37.2 Å². The molecule has 368 valence electrons. The van der Waals surface area contributed by atoms with Gasteiger partial charge in [-0.05, 0) is 77.0 Å². The predicted octanol–water partition coefficient (Wildman–Crippen LogP) is 9.05. The summed E-state index contributed by atoms with van der Waals surface area (Å²) >= 11 is 33.4. The molecule has 8 rings (SSSR count). The number of rotatable bonds is 14. The number of hydrogen-bond acceptors (Lipinski definition) is 10. The van der Waals surface area contributed by atoms with Crippen LogP contribution in [0.2, 0.25) is 20.1 Å². The average Bonchev–Trinajstić information content (AvgIpc) is 3.32. The van der Waals surface area contributed by atoms with Gasteiger partial charge in [0.15, 0.2) is 36.4 Å². The van der Waals surface area contributed by atoms with E-state index in [9.17, 15) is 49.4 Å². The Balaban J connectivity index is 0.000000206. The third kappa shape index (κ3) is 11.0. The van der Waals surface area contributed by atoms with Gasteiger partial charge in [-0.15, -0.1) is 0 Å². The first-order valence-electron chi connectivity index (χ1n) is 22.1. The summed E-state index contributed by atoms with van der Waals surface area (Å²) in [6.45, 7) is 0. The molecule has 2 saturated carbocycles. The summed E-state index contributed by atoms with van der Waals surface area (Å²) in [4.78, 5) is 74.2. The van der Waals surface area contributed by atoms with Gasteiger partial charge in [0, 0.05) is 35.6 Å². The Morgan fingerprint density at radius 3 is 1.27 bits per heavy atom. The van der Waals surface area contributed by atoms with Gasteiger partial charge in [0.2, 0.25) is 0 Å². The van der Waals surface area contributed by atoms with E-state index in [2.05, 4.69) is 37.2 Å². The molecule has 70 heavy (non-hydrogen) atoms. The summed E-state index contributed by atoms with van der Waals surface area (Å²) in [5, 5.41) is 53.6. The highest BCUT2D eigenvalue weighted by molar-refractivity contribution is 9.12. The molecule has 2 aromatic heterocycles. The van der Waals surface area contributed by atoms with Gasteiger partial charge in [0.25, 0.3) is 11.8 Å². The molecule has 0 bridgehead atoms. The number of nitrogens with zero attached hydrogens (tertiary/aromatic N) is 2. The molecule has 0 saturated heterocycles. The second-order valence-electron chi connectivity index (χ2n) is 17.5. The maximum absolute atomic E-state index is 12.6. The fourth-order valence-electron chi connectivity index (χ4n) is 9.33. The molecule has 2 aromatic carbocycles. The topological polar surface area (TPSA) is 245 Å². The molecule has 2 atom stereocenters. The van der Waals surface area contributed by atoms with Crippen molar-refractivity contribution < 1.29 is 48.4 Å². The van der Waals surface area contributed by atoms with Gasteiger partial charge < -0.3 is 41.9 Å². The number of benzene rings is 2. The number of carboxylic acids is 2. The van der Waals surface area contributed by atoms with E-state index in [1.54, 1.807) is 48.5 Å². The molecule has 0 aliphatic heterocycles. The number of carboxylic acid groups (broad SMARTS) is 2. The van der Waals surface area contributed by atoms with E-state index >= 15 is 0 Å². The molecule has 2 spiro atoms. The van der Waals surface area contributed by atoms with Gasteiger partial charge in [-0.25, -0.2) is 9.59 Å². The van der Waals surface area contributed by atoms with Crippen LogP contribution in [0, 0.1) is 21.2 Å². The van der Waals surface area contributed by atoms with E-state index in [4.69, 9.17) is 58.0 Å². The molecule has 2 fully saturated rings. The Bertz CT molecular complexity index is 2600. The molecule has 0 radical (unpaired) electrons. The maximum Gasteiger partial charge on any atom is 0.326 e. The molecule has 16 nitrogen and oxygen atoms in total. The number of hydrogen-bond donors (Lipinski definition) is 6. The van der Waals surface area contributed by atoms with Gasteiger partial charge in [-0.2, -0.15) is 9.46 Å². The van der Waals surface area contributed by atoms with Crippen molar-refractivity contribution >= 4 is 121 Å². The number of anilines is 2. The second kappa shape index (κ2) is 21.9. The first-order valence-corrected chi connectivity index (χ1v) is 24.8. The summed E-state index contributed by atoms with van der Waals surface area (Å²) in [7, 11) is 0. The number of aromatic nitrogens is 2. The number of carbonyl (C=O) groups is 6. The minimum Gasteiger partial charge on any atom is -0.619 e. The highest BCUT2D eigenvalue weighted by atomic mass is 79.9. The van der Waals surface area contributed by atoms with Crippen molar-refractivity contribution in [2.45, 2.75) is 89.1 Å². The Kier molecular flexibility index (Phi) is 16.4. The van der Waals surface area contributed by atoms with Crippen molar-refractivity contribution in [3.63, 3.8) is 0 Å². The summed E-state index contributed by atoms with van der Waals surface area (Å²) in [6, 6.07) is 11.4. The maximum atomic E-state index is 12.6. The van der Waals surface area contributed by atoms with Crippen LogP contribution < -0.4 is 30.7 Å². The molecular weight excluding hydrogens is 1080 g/mol. The number of pyridine rings is 2. The lowest BCUT2D eigenvalue weighted by molar-refractivity contribution is -0.605. The smallest absolute Gasteiger partial charge is 0.326 e. The fourth-order valence-corrected chi connectivity index (χ4v) is 11.9. The molecule has 4 aliphatic rings. The Hall–Kier alpha value is -5.43. The number of aliphatic carboxylic acids is 2. The van der Waals surface area contributed by atoms with Crippen molar-refractivity contribution in [1.82, 2.24) is 10.6 Å². The summed E-state index contributed by atoms with van der Waals surface area (Å²) in [5.74, 6) is -3.31. The third-order valence-electron chi connectivity index (χ3n) is 13.0. The molecule has 2 heterocycles. The normalized spacial score (nSPS) is 17.6. The van der Waals surface area contributed by atoms with Crippen molar-refractivity contribution in [2.24, 2.45) is 10.8 Å². The monoisotopic (exact) mass is 1120 g/mol. The lowest BCUT2D eigenvalue weighted by Gasteiger charge is -2.46. The molecular formula is C48H44BrCl5N6O10. The number of allylic oxidation sites excluding steroid dienone is 4. The molecule has 6 N–H and O–H groups in total. The molecule has 1 unspecified atom stereocenters. The van der Waals surface area contributed by atoms with Crippen LogP contribution in [0.3, 0.4) is 0 Å². The number of carbonyl (C=O) groups excluding carboxylic acids is 4. The SMILES string of the molecule is O=C(Nc1ccc(CC(NC2=C(Cl)C(=O)C23CCCCC3)C(=O)O)cc1)c1c(Cl)c[n+]([O-])cc1Cl.O=C(Nc1ccc(C[C@H](NC2=C(Br)C(=O)C23CCCCC3)C(=O)O)cc1)c1c(Cl)c[n+]([O-])cc1Cl. The Morgan fingerprint density at radius 2 is 0.914 bits per heavy atom. The standard InChI is InChI=1S/C24H22BrCl2N3O5.C24H22Cl3N3O5/c25-19-20(24(21(19)31)8-2-1-3-9-24)29-17(23(33)34)10-13-4-6-14(7-5-13)28-22(32)18-15(26)11-30(35)12-16(18)27;25-15-11-30(35)12-16(26)18(15)22(32)28-14-6-4-13(5-7-14)10-17(23(33)34)29-20-19(27)21(31)24(20)8-2-1-3-9-24/h2*4-7,11-12,17,29H,1-3,8-10H2,(H,28,32)(H,33,34)/t17-;/m0./s1. The molecule has 4 aromatic rings. The number of amides is 2. The zero-order valence-corrected chi connectivity index (χ0v) is 42.3. The fraction of sp³-hybridized carbons (Fsp3) is 0.333. The number of ketones is 2. The van der Waals surface area contributed by atoms with Crippen molar-refractivity contribution in [2.75, 3.05) is 10.6 Å². The van der Waals surface area contributed by atoms with Crippen LogP contribution in [0.1, 0.15) is 96.1 Å². The van der Waals surface area contributed by atoms with Crippen LogP contribution in [-0.4, -0.2) is 57.6 Å². The number of nitrogens with one attached hydrogen (secondary N) is 4. The van der Waals surface area contributed by atoms with E-state index in [1.165, 1.54) is 0 Å². The molecule has 22 heteroatoms. The van der Waals surface area contributed by atoms with Crippen molar-refractivity contribution in [1.29, 1.82) is 0 Å². The Labute approximate surface area is 434 Å². The number of Topliss-reactive ketones (excluding diaryl/α,β-unsaturated/α-hetero) is 2. The first kappa shape index (κ1) is 52.4. The van der Waals surface area contributed by atoms with Crippen molar-refractivity contribution in [3.05, 3.63) is 147 Å². The quantitative estimate of drug-likeness (QED) is 0.0512. The van der Waals surface area contributed by atoms with E-state index in [-0.39, 0.29) is 60.7 Å². The average molecular weight is 1120 g/mol. The van der Waals surface area contributed by atoms with E-state index in [0.29, 0.717) is 55.1 Å². The number of halogens is 6. The van der Waals surface area contributed by atoms with Crippen LogP contribution in [0.5, 0.6) is 0 Å². The van der Waals surface area contributed by atoms with Crippen LogP contribution in [0.15, 0.2) is 94.2 Å². The molecule has 2 amide bonds. The Morgan fingerprint density at radius 1 is 0.571 bits per heavy atom. The van der Waals surface area contributed by atoms with Crippen LogP contribution >= 0.6 is 73.9 Å². The highest BCUT2D eigenvalue weighted by Gasteiger charge is 2.55. The molecule has 4 aliphatic carbocycles. The van der Waals surface area contributed by atoms with Crippen LogP contribution in [0.25, 0.3) is 0 Å². The van der Waals surface area contributed by atoms with E-state index in [1.807, 2.05) is 0 Å². The van der Waals surface area contributed by atoms with Crippen LogP contribution in [0.4, 0.5) is 11.4 Å². The van der Waals surface area contributed by atoms with Gasteiger partial charge in [-0.3, -0.25) is 19.2 Å². The van der Waals surface area contributed by atoms with Crippen LogP contribution in [-0.2, 0) is 32.0 Å².